The molecule has 3 heterocycles. The molecule has 4 rings (SSSR count). The molecule has 5 nitrogen and oxygen atoms in total. The first kappa shape index (κ1) is 16.5. The number of aromatic nitrogens is 2. The van der Waals surface area contributed by atoms with Crippen molar-refractivity contribution in [3.05, 3.63) is 70.1 Å². The van der Waals surface area contributed by atoms with Crippen molar-refractivity contribution < 1.29 is 4.42 Å². The summed E-state index contributed by atoms with van der Waals surface area (Å²) in [5.41, 5.74) is 4.08. The smallest absolute Gasteiger partial charge is 0.156 e. The number of nitriles is 1. The Bertz CT molecular complexity index is 1010. The largest absolute Gasteiger partial charge is 0.463 e. The van der Waals surface area contributed by atoms with E-state index in [0.717, 1.165) is 35.4 Å². The van der Waals surface area contributed by atoms with Crippen molar-refractivity contribution in [3.8, 4) is 17.5 Å². The number of hydrogen-bond donors (Lipinski definition) is 2. The second-order valence-corrected chi connectivity index (χ2v) is 6.58. The lowest BCUT2D eigenvalue weighted by Crippen LogP contribution is -2.18. The van der Waals surface area contributed by atoms with Crippen LogP contribution >= 0.6 is 11.6 Å². The molecular weight excluding hydrogens is 348 g/mol. The highest BCUT2D eigenvalue weighted by atomic mass is 35.5. The fraction of sp³-hybridized carbons (Fsp3) is 0.200. The molecule has 6 heteroatoms. The van der Waals surface area contributed by atoms with Crippen LogP contribution in [0.3, 0.4) is 0 Å². The molecular formula is C20H17ClN4O. The number of fused-ring (bicyclic) bond motifs is 1. The van der Waals surface area contributed by atoms with Crippen molar-refractivity contribution in [3.63, 3.8) is 0 Å². The van der Waals surface area contributed by atoms with Gasteiger partial charge in [0.1, 0.15) is 5.69 Å². The number of H-pyrrole nitrogens is 1. The van der Waals surface area contributed by atoms with Gasteiger partial charge in [-0.2, -0.15) is 10.4 Å². The zero-order valence-corrected chi connectivity index (χ0v) is 15.0. The molecule has 0 saturated heterocycles. The van der Waals surface area contributed by atoms with Gasteiger partial charge in [-0.3, -0.25) is 5.10 Å². The molecule has 130 valence electrons. The summed E-state index contributed by atoms with van der Waals surface area (Å²) in [7, 11) is 0. The topological polar surface area (TPSA) is 77.6 Å². The number of furan rings is 1. The zero-order valence-electron chi connectivity index (χ0n) is 14.2. The first-order valence-corrected chi connectivity index (χ1v) is 8.89. The molecule has 0 radical (unpaired) electrons. The first-order valence-electron chi connectivity index (χ1n) is 8.51. The predicted octanol–water partition coefficient (Wildman–Crippen LogP) is 5.46. The summed E-state index contributed by atoms with van der Waals surface area (Å²) in [6.45, 7) is 2.09. The molecule has 1 aromatic carbocycles. The molecule has 1 aliphatic rings. The van der Waals surface area contributed by atoms with E-state index in [2.05, 4.69) is 28.5 Å². The molecule has 2 N–H and O–H groups in total. The van der Waals surface area contributed by atoms with Gasteiger partial charge in [0.15, 0.2) is 11.6 Å². The van der Waals surface area contributed by atoms with Gasteiger partial charge in [0.25, 0.3) is 0 Å². The normalized spacial score (nSPS) is 16.1. The Labute approximate surface area is 156 Å². The van der Waals surface area contributed by atoms with E-state index in [1.165, 1.54) is 0 Å². The van der Waals surface area contributed by atoms with E-state index in [0.29, 0.717) is 22.2 Å². The molecule has 3 aromatic rings. The van der Waals surface area contributed by atoms with E-state index in [9.17, 15) is 5.26 Å². The molecule has 1 atom stereocenters. The number of benzene rings is 1. The number of halogens is 1. The molecule has 0 bridgehead atoms. The molecule has 0 fully saturated rings. The third-order valence-corrected chi connectivity index (χ3v) is 4.92. The van der Waals surface area contributed by atoms with Gasteiger partial charge in [-0.1, -0.05) is 43.1 Å². The van der Waals surface area contributed by atoms with E-state index < -0.39 is 0 Å². The van der Waals surface area contributed by atoms with Crippen LogP contribution in [-0.2, 0) is 0 Å². The predicted molar refractivity (Wildman–Crippen MR) is 101 cm³/mol. The average Bonchev–Trinajstić information content (AvgIpc) is 3.30. The van der Waals surface area contributed by atoms with Crippen LogP contribution in [0.1, 0.15) is 36.8 Å². The molecule has 0 spiro atoms. The summed E-state index contributed by atoms with van der Waals surface area (Å²) in [4.78, 5) is 0. The highest BCUT2D eigenvalue weighted by Gasteiger charge is 2.35. The summed E-state index contributed by atoms with van der Waals surface area (Å²) in [5.74, 6) is 1.09. The lowest BCUT2D eigenvalue weighted by molar-refractivity contribution is 0.579. The molecule has 0 amide bonds. The van der Waals surface area contributed by atoms with E-state index in [-0.39, 0.29) is 5.92 Å². The number of nitrogens with zero attached hydrogens (tertiary/aromatic N) is 2. The number of anilines is 1. The van der Waals surface area contributed by atoms with Gasteiger partial charge >= 0.3 is 0 Å². The zero-order chi connectivity index (χ0) is 18.1. The van der Waals surface area contributed by atoms with Crippen LogP contribution in [0.2, 0.25) is 5.02 Å². The standard InChI is InChI=1S/C20H17ClN4O/c1-2-6-15-13(11-22)17(12-7-3-4-8-14(12)21)18-19(16-9-5-10-26-16)24-25-20(18)23-15/h3-5,7-10,17H,2,6H2,1H3,(H2,23,24,25). The fourth-order valence-corrected chi connectivity index (χ4v) is 3.71. The third kappa shape index (κ3) is 2.59. The number of hydrogen-bond acceptors (Lipinski definition) is 4. The lowest BCUT2D eigenvalue weighted by atomic mass is 9.81. The third-order valence-electron chi connectivity index (χ3n) is 4.58. The monoisotopic (exact) mass is 364 g/mol. The Balaban J connectivity index is 1.98. The summed E-state index contributed by atoms with van der Waals surface area (Å²) >= 11 is 6.51. The Morgan fingerprint density at radius 3 is 2.81 bits per heavy atom. The number of allylic oxidation sites excluding steroid dienone is 2. The second kappa shape index (κ2) is 6.74. The average molecular weight is 365 g/mol. The van der Waals surface area contributed by atoms with Crippen molar-refractivity contribution in [2.75, 3.05) is 5.32 Å². The second-order valence-electron chi connectivity index (χ2n) is 6.17. The Kier molecular flexibility index (Phi) is 4.27. The SMILES string of the molecule is CCCC1=C(C#N)C(c2ccccc2Cl)c2c(n[nH]c2-c2ccco2)N1. The maximum absolute atomic E-state index is 9.95. The van der Waals surface area contributed by atoms with Crippen LogP contribution in [0.25, 0.3) is 11.5 Å². The fourth-order valence-electron chi connectivity index (χ4n) is 3.46. The first-order chi connectivity index (χ1) is 12.7. The molecule has 2 aromatic heterocycles. The van der Waals surface area contributed by atoms with Gasteiger partial charge in [-0.05, 0) is 30.2 Å². The highest BCUT2D eigenvalue weighted by Crippen LogP contribution is 2.47. The molecule has 0 saturated carbocycles. The van der Waals surface area contributed by atoms with Gasteiger partial charge in [-0.25, -0.2) is 0 Å². The lowest BCUT2D eigenvalue weighted by Gasteiger charge is -2.27. The number of nitrogens with one attached hydrogen (secondary N) is 2. The van der Waals surface area contributed by atoms with Crippen molar-refractivity contribution in [1.82, 2.24) is 10.2 Å². The summed E-state index contributed by atoms with van der Waals surface area (Å²) in [6, 6.07) is 13.7. The Hall–Kier alpha value is -2.97. The maximum atomic E-state index is 9.95. The van der Waals surface area contributed by atoms with Crippen LogP contribution in [0.5, 0.6) is 0 Å². The maximum Gasteiger partial charge on any atom is 0.156 e. The Morgan fingerprint density at radius 2 is 2.12 bits per heavy atom. The van der Waals surface area contributed by atoms with E-state index >= 15 is 0 Å². The molecule has 1 unspecified atom stereocenters. The van der Waals surface area contributed by atoms with Crippen LogP contribution in [0.15, 0.2) is 58.3 Å². The van der Waals surface area contributed by atoms with Crippen molar-refractivity contribution >= 4 is 17.4 Å². The van der Waals surface area contributed by atoms with E-state index in [1.54, 1.807) is 6.26 Å². The molecule has 0 aliphatic carbocycles. The minimum atomic E-state index is -0.301. The molecule has 1 aliphatic heterocycles. The molecule has 26 heavy (non-hydrogen) atoms. The van der Waals surface area contributed by atoms with E-state index in [4.69, 9.17) is 16.0 Å². The minimum Gasteiger partial charge on any atom is -0.463 e. The van der Waals surface area contributed by atoms with Crippen LogP contribution in [-0.4, -0.2) is 10.2 Å². The van der Waals surface area contributed by atoms with Crippen molar-refractivity contribution in [1.29, 1.82) is 5.26 Å². The van der Waals surface area contributed by atoms with Crippen LogP contribution < -0.4 is 5.32 Å². The van der Waals surface area contributed by atoms with Crippen molar-refractivity contribution in [2.45, 2.75) is 25.7 Å². The number of rotatable bonds is 4. The van der Waals surface area contributed by atoms with Gasteiger partial charge in [0.2, 0.25) is 0 Å². The van der Waals surface area contributed by atoms with Gasteiger partial charge in [-0.15, -0.1) is 0 Å². The highest BCUT2D eigenvalue weighted by molar-refractivity contribution is 6.31. The van der Waals surface area contributed by atoms with Gasteiger partial charge in [0, 0.05) is 16.3 Å². The Morgan fingerprint density at radius 1 is 1.27 bits per heavy atom. The minimum absolute atomic E-state index is 0.301. The summed E-state index contributed by atoms with van der Waals surface area (Å²) in [5, 5.41) is 21.4. The van der Waals surface area contributed by atoms with Crippen LogP contribution in [0.4, 0.5) is 5.82 Å². The van der Waals surface area contributed by atoms with Crippen molar-refractivity contribution in [2.24, 2.45) is 0 Å². The van der Waals surface area contributed by atoms with Crippen LogP contribution in [0, 0.1) is 11.3 Å². The summed E-state index contributed by atoms with van der Waals surface area (Å²) in [6.07, 6.45) is 3.31. The summed E-state index contributed by atoms with van der Waals surface area (Å²) < 4.78 is 5.57. The van der Waals surface area contributed by atoms with Gasteiger partial charge in [0.05, 0.1) is 23.8 Å². The van der Waals surface area contributed by atoms with Gasteiger partial charge < -0.3 is 9.73 Å². The van der Waals surface area contributed by atoms with E-state index in [1.807, 2.05) is 36.4 Å². The number of aromatic amines is 1. The quantitative estimate of drug-likeness (QED) is 0.644.